The van der Waals surface area contributed by atoms with Crippen LogP contribution in [0.1, 0.15) is 41.6 Å². The highest BCUT2D eigenvalue weighted by molar-refractivity contribution is 6.22. The summed E-state index contributed by atoms with van der Waals surface area (Å²) >= 11 is 0. The topological polar surface area (TPSA) is 64.8 Å². The summed E-state index contributed by atoms with van der Waals surface area (Å²) in [6.07, 6.45) is 4.67. The summed E-state index contributed by atoms with van der Waals surface area (Å²) in [4.78, 5) is 14.5. The highest BCUT2D eigenvalue weighted by atomic mass is 16.5. The SMILES string of the molecule is C=C1c2ccc(N)cc2C(=O)N1c1ccc(OC)c(OC2CCCC2)c1. The Hall–Kier alpha value is -2.95. The van der Waals surface area contributed by atoms with Gasteiger partial charge in [0.05, 0.1) is 30.2 Å². The van der Waals surface area contributed by atoms with Crippen molar-refractivity contribution < 1.29 is 14.3 Å². The number of benzene rings is 2. The van der Waals surface area contributed by atoms with E-state index >= 15 is 0 Å². The van der Waals surface area contributed by atoms with Crippen molar-refractivity contribution in [3.05, 3.63) is 54.1 Å². The largest absolute Gasteiger partial charge is 0.493 e. The van der Waals surface area contributed by atoms with Gasteiger partial charge in [0.25, 0.3) is 5.91 Å². The zero-order valence-corrected chi connectivity index (χ0v) is 14.8. The first-order valence-electron chi connectivity index (χ1n) is 8.86. The molecule has 0 spiro atoms. The standard InChI is InChI=1S/C21H22N2O3/c1-13-17-9-7-14(22)11-18(17)21(24)23(13)15-8-10-19(25-2)20(12-15)26-16-5-3-4-6-16/h7-12,16H,1,3-6,22H2,2H3. The number of methoxy groups -OCH3 is 1. The Bertz CT molecular complexity index is 885. The van der Waals surface area contributed by atoms with Gasteiger partial charge in [0.2, 0.25) is 0 Å². The minimum Gasteiger partial charge on any atom is -0.493 e. The van der Waals surface area contributed by atoms with Gasteiger partial charge in [-0.15, -0.1) is 0 Å². The maximum atomic E-state index is 12.9. The summed E-state index contributed by atoms with van der Waals surface area (Å²) in [5.41, 5.74) is 9.13. The first-order chi connectivity index (χ1) is 12.6. The van der Waals surface area contributed by atoms with Crippen molar-refractivity contribution in [2.75, 3.05) is 17.7 Å². The zero-order chi connectivity index (χ0) is 18.3. The van der Waals surface area contributed by atoms with Gasteiger partial charge in [0, 0.05) is 17.3 Å². The van der Waals surface area contributed by atoms with Crippen LogP contribution < -0.4 is 20.1 Å². The normalized spacial score (nSPS) is 16.9. The first-order valence-corrected chi connectivity index (χ1v) is 8.86. The third-order valence-corrected chi connectivity index (χ3v) is 5.06. The number of anilines is 2. The summed E-state index contributed by atoms with van der Waals surface area (Å²) in [6.45, 7) is 4.10. The molecule has 2 aromatic carbocycles. The molecule has 134 valence electrons. The molecule has 1 heterocycles. The first kappa shape index (κ1) is 16.5. The second-order valence-electron chi connectivity index (χ2n) is 6.75. The molecule has 1 amide bonds. The van der Waals surface area contributed by atoms with Crippen molar-refractivity contribution in [2.45, 2.75) is 31.8 Å². The van der Waals surface area contributed by atoms with Gasteiger partial charge in [-0.3, -0.25) is 9.69 Å². The average Bonchev–Trinajstić information content (AvgIpc) is 3.22. The second kappa shape index (κ2) is 6.41. The summed E-state index contributed by atoms with van der Waals surface area (Å²) in [5.74, 6) is 1.20. The fourth-order valence-electron chi connectivity index (χ4n) is 3.71. The van der Waals surface area contributed by atoms with Gasteiger partial charge in [0.15, 0.2) is 11.5 Å². The van der Waals surface area contributed by atoms with Gasteiger partial charge in [-0.2, -0.15) is 0 Å². The molecule has 0 saturated heterocycles. The molecule has 0 radical (unpaired) electrons. The van der Waals surface area contributed by atoms with Crippen LogP contribution in [0, 0.1) is 0 Å². The van der Waals surface area contributed by atoms with E-state index in [4.69, 9.17) is 15.2 Å². The van der Waals surface area contributed by atoms with Crippen molar-refractivity contribution in [2.24, 2.45) is 0 Å². The molecule has 0 unspecified atom stereocenters. The summed E-state index contributed by atoms with van der Waals surface area (Å²) in [6, 6.07) is 10.8. The number of rotatable bonds is 4. The fraction of sp³-hybridized carbons (Fsp3) is 0.286. The van der Waals surface area contributed by atoms with E-state index < -0.39 is 0 Å². The molecule has 0 atom stereocenters. The van der Waals surface area contributed by atoms with Crippen LogP contribution in [0.25, 0.3) is 5.70 Å². The predicted octanol–water partition coefficient (Wildman–Crippen LogP) is 4.23. The maximum Gasteiger partial charge on any atom is 0.263 e. The molecule has 26 heavy (non-hydrogen) atoms. The molecule has 4 rings (SSSR count). The molecule has 1 aliphatic heterocycles. The Balaban J connectivity index is 1.69. The number of ether oxygens (including phenoxy) is 2. The molecular weight excluding hydrogens is 328 g/mol. The third kappa shape index (κ3) is 2.69. The molecule has 0 aromatic heterocycles. The predicted molar refractivity (Wildman–Crippen MR) is 103 cm³/mol. The molecule has 1 aliphatic carbocycles. The van der Waals surface area contributed by atoms with E-state index in [2.05, 4.69) is 6.58 Å². The quantitative estimate of drug-likeness (QED) is 0.838. The smallest absolute Gasteiger partial charge is 0.263 e. The lowest BCUT2D eigenvalue weighted by molar-refractivity contribution is 0.101. The number of nitrogens with zero attached hydrogens (tertiary/aromatic N) is 1. The number of hydrogen-bond acceptors (Lipinski definition) is 4. The van der Waals surface area contributed by atoms with Crippen molar-refractivity contribution in [3.63, 3.8) is 0 Å². The van der Waals surface area contributed by atoms with Crippen molar-refractivity contribution in [1.29, 1.82) is 0 Å². The Morgan fingerprint density at radius 3 is 2.58 bits per heavy atom. The van der Waals surface area contributed by atoms with Crippen LogP contribution in [0.3, 0.4) is 0 Å². The van der Waals surface area contributed by atoms with Gasteiger partial charge in [-0.1, -0.05) is 12.6 Å². The van der Waals surface area contributed by atoms with Gasteiger partial charge in [-0.05, 0) is 49.9 Å². The molecule has 5 heteroatoms. The molecule has 5 nitrogen and oxygen atoms in total. The lowest BCUT2D eigenvalue weighted by Gasteiger charge is -2.21. The molecule has 2 aromatic rings. The summed E-state index contributed by atoms with van der Waals surface area (Å²) in [5, 5.41) is 0. The highest BCUT2D eigenvalue weighted by Crippen LogP contribution is 2.41. The van der Waals surface area contributed by atoms with Crippen LogP contribution in [-0.4, -0.2) is 19.1 Å². The van der Waals surface area contributed by atoms with E-state index in [0.717, 1.165) is 18.4 Å². The van der Waals surface area contributed by atoms with Crippen molar-refractivity contribution in [3.8, 4) is 11.5 Å². The highest BCUT2D eigenvalue weighted by Gasteiger charge is 2.33. The van der Waals surface area contributed by atoms with Crippen LogP contribution in [0.4, 0.5) is 11.4 Å². The number of fused-ring (bicyclic) bond motifs is 1. The fourth-order valence-corrected chi connectivity index (χ4v) is 3.71. The van der Waals surface area contributed by atoms with E-state index in [1.54, 1.807) is 24.1 Å². The average molecular weight is 350 g/mol. The molecule has 0 bridgehead atoms. The molecule has 2 aliphatic rings. The molecule has 1 saturated carbocycles. The lowest BCUT2D eigenvalue weighted by Crippen LogP contribution is -2.22. The minimum atomic E-state index is -0.130. The molecular formula is C21H22N2O3. The van der Waals surface area contributed by atoms with Crippen LogP contribution in [0.5, 0.6) is 11.5 Å². The summed E-state index contributed by atoms with van der Waals surface area (Å²) in [7, 11) is 1.62. The van der Waals surface area contributed by atoms with Crippen LogP contribution in [0.2, 0.25) is 0 Å². The Morgan fingerprint density at radius 1 is 1.08 bits per heavy atom. The van der Waals surface area contributed by atoms with Gasteiger partial charge in [-0.25, -0.2) is 0 Å². The van der Waals surface area contributed by atoms with Gasteiger partial charge >= 0.3 is 0 Å². The number of nitrogen functional groups attached to an aromatic ring is 1. The Morgan fingerprint density at radius 2 is 1.85 bits per heavy atom. The van der Waals surface area contributed by atoms with Gasteiger partial charge < -0.3 is 15.2 Å². The minimum absolute atomic E-state index is 0.130. The third-order valence-electron chi connectivity index (χ3n) is 5.06. The number of nitrogens with two attached hydrogens (primary N) is 1. The van der Waals surface area contributed by atoms with E-state index in [1.165, 1.54) is 12.8 Å². The van der Waals surface area contributed by atoms with E-state index in [1.807, 2.05) is 24.3 Å². The van der Waals surface area contributed by atoms with E-state index in [-0.39, 0.29) is 12.0 Å². The number of carbonyl (C=O) groups excluding carboxylic acids is 1. The maximum absolute atomic E-state index is 12.9. The van der Waals surface area contributed by atoms with Crippen LogP contribution in [0.15, 0.2) is 43.0 Å². The van der Waals surface area contributed by atoms with E-state index in [0.29, 0.717) is 34.1 Å². The van der Waals surface area contributed by atoms with Crippen LogP contribution in [-0.2, 0) is 0 Å². The number of hydrogen-bond donors (Lipinski definition) is 1. The number of carbonyl (C=O) groups is 1. The number of amides is 1. The molecule has 2 N–H and O–H groups in total. The Labute approximate surface area is 153 Å². The lowest BCUT2D eigenvalue weighted by atomic mass is 10.1. The second-order valence-corrected chi connectivity index (χ2v) is 6.75. The van der Waals surface area contributed by atoms with Gasteiger partial charge in [0.1, 0.15) is 0 Å². The van der Waals surface area contributed by atoms with E-state index in [9.17, 15) is 4.79 Å². The monoisotopic (exact) mass is 350 g/mol. The molecule has 1 fully saturated rings. The Kier molecular flexibility index (Phi) is 4.07. The summed E-state index contributed by atoms with van der Waals surface area (Å²) < 4.78 is 11.6. The zero-order valence-electron chi connectivity index (χ0n) is 14.8. The van der Waals surface area contributed by atoms with Crippen LogP contribution >= 0.6 is 0 Å². The van der Waals surface area contributed by atoms with Crippen molar-refractivity contribution >= 4 is 23.0 Å². The van der Waals surface area contributed by atoms with Crippen molar-refractivity contribution in [1.82, 2.24) is 0 Å².